The SMILES string of the molecule is Nc1c(NCc2ccc(Cl)s2)cccc1C(=O)O. The van der Waals surface area contributed by atoms with Crippen molar-refractivity contribution in [1.82, 2.24) is 0 Å². The van der Waals surface area contributed by atoms with E-state index in [0.717, 1.165) is 9.21 Å². The molecule has 0 fully saturated rings. The number of aromatic carboxylic acids is 1. The summed E-state index contributed by atoms with van der Waals surface area (Å²) in [5, 5.41) is 12.1. The Morgan fingerprint density at radius 3 is 2.78 bits per heavy atom. The van der Waals surface area contributed by atoms with Crippen molar-refractivity contribution in [2.75, 3.05) is 11.1 Å². The predicted molar refractivity (Wildman–Crippen MR) is 74.5 cm³/mol. The fourth-order valence-corrected chi connectivity index (χ4v) is 2.56. The lowest BCUT2D eigenvalue weighted by Crippen LogP contribution is -2.07. The largest absolute Gasteiger partial charge is 0.478 e. The van der Waals surface area contributed by atoms with E-state index in [4.69, 9.17) is 22.4 Å². The molecule has 1 aromatic heterocycles. The second-order valence-corrected chi connectivity index (χ2v) is 5.43. The molecule has 6 heteroatoms. The number of nitrogens with one attached hydrogen (secondary N) is 1. The Morgan fingerprint density at radius 1 is 1.39 bits per heavy atom. The van der Waals surface area contributed by atoms with Crippen molar-refractivity contribution >= 4 is 40.3 Å². The Bertz CT molecular complexity index is 583. The Kier molecular flexibility index (Phi) is 3.74. The molecule has 0 atom stereocenters. The van der Waals surface area contributed by atoms with Gasteiger partial charge in [0.2, 0.25) is 0 Å². The van der Waals surface area contributed by atoms with Crippen LogP contribution < -0.4 is 11.1 Å². The number of nitrogens with two attached hydrogens (primary N) is 1. The van der Waals surface area contributed by atoms with Crippen LogP contribution in [0.25, 0.3) is 0 Å². The zero-order valence-corrected chi connectivity index (χ0v) is 10.9. The smallest absolute Gasteiger partial charge is 0.337 e. The topological polar surface area (TPSA) is 75.3 Å². The van der Waals surface area contributed by atoms with Gasteiger partial charge >= 0.3 is 5.97 Å². The van der Waals surface area contributed by atoms with Crippen molar-refractivity contribution in [3.63, 3.8) is 0 Å². The van der Waals surface area contributed by atoms with Crippen molar-refractivity contribution in [2.24, 2.45) is 0 Å². The van der Waals surface area contributed by atoms with E-state index < -0.39 is 5.97 Å². The van der Waals surface area contributed by atoms with Gasteiger partial charge in [0, 0.05) is 11.4 Å². The quantitative estimate of drug-likeness (QED) is 0.752. The summed E-state index contributed by atoms with van der Waals surface area (Å²) in [5.74, 6) is -1.03. The summed E-state index contributed by atoms with van der Waals surface area (Å²) in [5.41, 5.74) is 6.74. The molecule has 0 aliphatic carbocycles. The summed E-state index contributed by atoms with van der Waals surface area (Å²) < 4.78 is 0.721. The highest BCUT2D eigenvalue weighted by Gasteiger charge is 2.10. The van der Waals surface area contributed by atoms with Gasteiger partial charge in [-0.25, -0.2) is 4.79 Å². The Balaban J connectivity index is 2.14. The third-order valence-corrected chi connectivity index (χ3v) is 3.65. The van der Waals surface area contributed by atoms with E-state index in [9.17, 15) is 4.79 Å². The number of hydrogen-bond acceptors (Lipinski definition) is 4. The van der Waals surface area contributed by atoms with Crippen molar-refractivity contribution in [3.05, 3.63) is 45.1 Å². The van der Waals surface area contributed by atoms with Gasteiger partial charge in [-0.1, -0.05) is 17.7 Å². The minimum absolute atomic E-state index is 0.101. The molecule has 2 aromatic rings. The zero-order chi connectivity index (χ0) is 13.1. The number of halogens is 1. The highest BCUT2D eigenvalue weighted by molar-refractivity contribution is 7.16. The molecule has 0 aliphatic rings. The van der Waals surface area contributed by atoms with Crippen LogP contribution in [0.3, 0.4) is 0 Å². The maximum Gasteiger partial charge on any atom is 0.337 e. The van der Waals surface area contributed by atoms with E-state index in [1.54, 1.807) is 12.1 Å². The molecular weight excluding hydrogens is 272 g/mol. The second kappa shape index (κ2) is 5.29. The highest BCUT2D eigenvalue weighted by atomic mass is 35.5. The normalized spacial score (nSPS) is 10.3. The summed E-state index contributed by atoms with van der Waals surface area (Å²) in [6.07, 6.45) is 0. The van der Waals surface area contributed by atoms with Crippen LogP contribution in [0.4, 0.5) is 11.4 Å². The third-order valence-electron chi connectivity index (χ3n) is 2.42. The van der Waals surface area contributed by atoms with Crippen molar-refractivity contribution < 1.29 is 9.90 Å². The lowest BCUT2D eigenvalue weighted by Gasteiger charge is -2.10. The van der Waals surface area contributed by atoms with Gasteiger partial charge in [-0.2, -0.15) is 0 Å². The molecule has 0 spiro atoms. The lowest BCUT2D eigenvalue weighted by atomic mass is 10.1. The summed E-state index contributed by atoms with van der Waals surface area (Å²) >= 11 is 7.30. The summed E-state index contributed by atoms with van der Waals surface area (Å²) in [6.45, 7) is 0.560. The minimum Gasteiger partial charge on any atom is -0.478 e. The Morgan fingerprint density at radius 2 is 2.17 bits per heavy atom. The van der Waals surface area contributed by atoms with Gasteiger partial charge < -0.3 is 16.2 Å². The van der Waals surface area contributed by atoms with E-state index in [2.05, 4.69) is 5.32 Å². The molecule has 94 valence electrons. The van der Waals surface area contributed by atoms with Crippen LogP contribution in [0.1, 0.15) is 15.2 Å². The summed E-state index contributed by atoms with van der Waals surface area (Å²) in [4.78, 5) is 12.0. The van der Waals surface area contributed by atoms with Gasteiger partial charge in [0.25, 0.3) is 0 Å². The molecule has 0 unspecified atom stereocenters. The third kappa shape index (κ3) is 2.75. The standard InChI is InChI=1S/C12H11ClN2O2S/c13-10-5-4-7(18-10)6-15-9-3-1-2-8(11(9)14)12(16)17/h1-5,15H,6,14H2,(H,16,17). The van der Waals surface area contributed by atoms with Crippen molar-refractivity contribution in [2.45, 2.75) is 6.54 Å². The van der Waals surface area contributed by atoms with Crippen LogP contribution in [-0.4, -0.2) is 11.1 Å². The van der Waals surface area contributed by atoms with Crippen LogP contribution in [0.15, 0.2) is 30.3 Å². The molecule has 1 heterocycles. The molecule has 0 saturated carbocycles. The summed E-state index contributed by atoms with van der Waals surface area (Å²) in [7, 11) is 0. The number of hydrogen-bond donors (Lipinski definition) is 3. The van der Waals surface area contributed by atoms with Crippen LogP contribution >= 0.6 is 22.9 Å². The summed E-state index contributed by atoms with van der Waals surface area (Å²) in [6, 6.07) is 8.61. The first-order valence-corrected chi connectivity index (χ1v) is 6.37. The van der Waals surface area contributed by atoms with Crippen LogP contribution in [0.2, 0.25) is 4.34 Å². The number of carbonyl (C=O) groups is 1. The number of rotatable bonds is 4. The second-order valence-electron chi connectivity index (χ2n) is 3.63. The average molecular weight is 283 g/mol. The maximum absolute atomic E-state index is 10.9. The van der Waals surface area contributed by atoms with Crippen LogP contribution in [0, 0.1) is 0 Å². The fourth-order valence-electron chi connectivity index (χ4n) is 1.53. The van der Waals surface area contributed by atoms with E-state index in [0.29, 0.717) is 12.2 Å². The minimum atomic E-state index is -1.03. The number of nitrogen functional groups attached to an aromatic ring is 1. The zero-order valence-electron chi connectivity index (χ0n) is 9.31. The first-order chi connectivity index (χ1) is 8.58. The van der Waals surface area contributed by atoms with E-state index in [1.807, 2.05) is 12.1 Å². The van der Waals surface area contributed by atoms with Crippen LogP contribution in [-0.2, 0) is 6.54 Å². The van der Waals surface area contributed by atoms with Crippen molar-refractivity contribution in [1.29, 1.82) is 0 Å². The Labute approximate surface area is 113 Å². The Hall–Kier alpha value is -1.72. The van der Waals surface area contributed by atoms with Gasteiger partial charge in [0.15, 0.2) is 0 Å². The van der Waals surface area contributed by atoms with Gasteiger partial charge in [-0.15, -0.1) is 11.3 Å². The molecule has 0 aliphatic heterocycles. The lowest BCUT2D eigenvalue weighted by molar-refractivity contribution is 0.0698. The van der Waals surface area contributed by atoms with Crippen molar-refractivity contribution in [3.8, 4) is 0 Å². The van der Waals surface area contributed by atoms with Gasteiger partial charge in [0.1, 0.15) is 0 Å². The monoisotopic (exact) mass is 282 g/mol. The number of anilines is 2. The number of carboxylic acids is 1. The van der Waals surface area contributed by atoms with E-state index >= 15 is 0 Å². The van der Waals surface area contributed by atoms with Crippen LogP contribution in [0.5, 0.6) is 0 Å². The van der Waals surface area contributed by atoms with Gasteiger partial charge in [-0.05, 0) is 24.3 Å². The molecule has 0 saturated heterocycles. The number of thiophene rings is 1. The van der Waals surface area contributed by atoms with E-state index in [1.165, 1.54) is 17.4 Å². The molecule has 18 heavy (non-hydrogen) atoms. The van der Waals surface area contributed by atoms with E-state index in [-0.39, 0.29) is 11.3 Å². The highest BCUT2D eigenvalue weighted by Crippen LogP contribution is 2.26. The molecule has 0 radical (unpaired) electrons. The first-order valence-electron chi connectivity index (χ1n) is 5.18. The van der Waals surface area contributed by atoms with Gasteiger partial charge in [-0.3, -0.25) is 0 Å². The number of carboxylic acid groups (broad SMARTS) is 1. The number of benzene rings is 1. The first kappa shape index (κ1) is 12.7. The molecule has 0 amide bonds. The van der Waals surface area contributed by atoms with Gasteiger partial charge in [0.05, 0.1) is 21.3 Å². The molecule has 2 rings (SSSR count). The maximum atomic E-state index is 10.9. The molecular formula is C12H11ClN2O2S. The number of para-hydroxylation sites is 1. The molecule has 0 bridgehead atoms. The predicted octanol–water partition coefficient (Wildman–Crippen LogP) is 3.29. The average Bonchev–Trinajstić information content (AvgIpc) is 2.73. The molecule has 4 nitrogen and oxygen atoms in total. The molecule has 1 aromatic carbocycles. The molecule has 4 N–H and O–H groups in total. The fraction of sp³-hybridized carbons (Fsp3) is 0.0833.